The maximum atomic E-state index is 3.37. The summed E-state index contributed by atoms with van der Waals surface area (Å²) in [7, 11) is 0. The maximum absolute atomic E-state index is 3.37. The second kappa shape index (κ2) is 7.86. The fourth-order valence-electron chi connectivity index (χ4n) is 2.03. The van der Waals surface area contributed by atoms with Gasteiger partial charge in [-0.25, -0.2) is 0 Å². The van der Waals surface area contributed by atoms with Gasteiger partial charge in [0.05, 0.1) is 0 Å². The van der Waals surface area contributed by atoms with Crippen LogP contribution in [-0.2, 0) is 6.42 Å². The molecule has 0 aliphatic rings. The van der Waals surface area contributed by atoms with Crippen molar-refractivity contribution in [2.45, 2.75) is 52.9 Å². The lowest BCUT2D eigenvalue weighted by atomic mass is 10.1. The number of unbranched alkanes of at least 4 members (excludes halogenated alkanes) is 3. The van der Waals surface area contributed by atoms with Gasteiger partial charge < -0.3 is 5.32 Å². The van der Waals surface area contributed by atoms with Gasteiger partial charge in [0.2, 0.25) is 0 Å². The van der Waals surface area contributed by atoms with E-state index in [1.54, 1.807) is 5.56 Å². The van der Waals surface area contributed by atoms with Crippen molar-refractivity contribution in [3.8, 4) is 0 Å². The van der Waals surface area contributed by atoms with E-state index in [2.05, 4.69) is 32.2 Å². The van der Waals surface area contributed by atoms with E-state index >= 15 is 0 Å². The molecule has 1 heterocycles. The van der Waals surface area contributed by atoms with Crippen LogP contribution in [0, 0.1) is 13.8 Å². The van der Waals surface area contributed by atoms with Gasteiger partial charge in [-0.05, 0) is 57.8 Å². The summed E-state index contributed by atoms with van der Waals surface area (Å²) in [5, 5.41) is 3.37. The Morgan fingerprint density at radius 3 is 2.50 bits per heavy atom. The standard InChI is InChI=1S/C14H25NS/c1-4-15-10-8-6-5-7-9-14-11-12(2)16-13(14)3/h11,15H,4-10H2,1-3H3. The molecule has 0 radical (unpaired) electrons. The molecule has 0 aliphatic heterocycles. The Kier molecular flexibility index (Phi) is 6.74. The molecule has 1 rings (SSSR count). The molecule has 16 heavy (non-hydrogen) atoms. The van der Waals surface area contributed by atoms with Crippen molar-refractivity contribution in [3.05, 3.63) is 21.4 Å². The van der Waals surface area contributed by atoms with Crippen LogP contribution in [0.2, 0.25) is 0 Å². The molecule has 0 atom stereocenters. The Labute approximate surface area is 104 Å². The van der Waals surface area contributed by atoms with E-state index in [9.17, 15) is 0 Å². The van der Waals surface area contributed by atoms with E-state index in [1.165, 1.54) is 48.4 Å². The molecule has 1 nitrogen and oxygen atoms in total. The van der Waals surface area contributed by atoms with Gasteiger partial charge in [0, 0.05) is 9.75 Å². The first kappa shape index (κ1) is 13.7. The second-order valence-electron chi connectivity index (χ2n) is 4.46. The first-order valence-corrected chi connectivity index (χ1v) is 7.32. The third-order valence-electron chi connectivity index (χ3n) is 2.94. The maximum Gasteiger partial charge on any atom is 0.00490 e. The van der Waals surface area contributed by atoms with Gasteiger partial charge in [-0.3, -0.25) is 0 Å². The summed E-state index contributed by atoms with van der Waals surface area (Å²) < 4.78 is 0. The predicted octanol–water partition coefficient (Wildman–Crippen LogP) is 4.08. The summed E-state index contributed by atoms with van der Waals surface area (Å²) in [6, 6.07) is 2.36. The van der Waals surface area contributed by atoms with Crippen LogP contribution < -0.4 is 5.32 Å². The Morgan fingerprint density at radius 2 is 1.88 bits per heavy atom. The highest BCUT2D eigenvalue weighted by Gasteiger charge is 2.01. The van der Waals surface area contributed by atoms with Crippen LogP contribution in [0.3, 0.4) is 0 Å². The quantitative estimate of drug-likeness (QED) is 0.674. The lowest BCUT2D eigenvalue weighted by Crippen LogP contribution is -2.13. The van der Waals surface area contributed by atoms with Gasteiger partial charge in [-0.1, -0.05) is 19.8 Å². The Balaban J connectivity index is 2.05. The first-order chi connectivity index (χ1) is 7.74. The summed E-state index contributed by atoms with van der Waals surface area (Å²) in [5.41, 5.74) is 1.58. The number of thiophene rings is 1. The minimum atomic E-state index is 1.10. The summed E-state index contributed by atoms with van der Waals surface area (Å²) in [4.78, 5) is 2.98. The van der Waals surface area contributed by atoms with Crippen molar-refractivity contribution in [2.75, 3.05) is 13.1 Å². The zero-order valence-electron chi connectivity index (χ0n) is 10.9. The van der Waals surface area contributed by atoms with Crippen molar-refractivity contribution in [3.63, 3.8) is 0 Å². The Morgan fingerprint density at radius 1 is 1.12 bits per heavy atom. The largest absolute Gasteiger partial charge is 0.317 e. The minimum Gasteiger partial charge on any atom is -0.317 e. The Bertz CT molecular complexity index is 291. The van der Waals surface area contributed by atoms with E-state index in [1.807, 2.05) is 11.3 Å². The zero-order valence-corrected chi connectivity index (χ0v) is 11.8. The molecule has 92 valence electrons. The van der Waals surface area contributed by atoms with Crippen LogP contribution >= 0.6 is 11.3 Å². The van der Waals surface area contributed by atoms with Gasteiger partial charge >= 0.3 is 0 Å². The molecular weight excluding hydrogens is 214 g/mol. The molecule has 0 fully saturated rings. The molecule has 0 saturated carbocycles. The molecule has 0 saturated heterocycles. The summed E-state index contributed by atoms with van der Waals surface area (Å²) in [5.74, 6) is 0. The molecule has 0 spiro atoms. The van der Waals surface area contributed by atoms with Crippen LogP contribution in [0.25, 0.3) is 0 Å². The van der Waals surface area contributed by atoms with Crippen molar-refractivity contribution < 1.29 is 0 Å². The molecule has 1 aromatic heterocycles. The van der Waals surface area contributed by atoms with E-state index in [-0.39, 0.29) is 0 Å². The van der Waals surface area contributed by atoms with Gasteiger partial charge in [-0.15, -0.1) is 11.3 Å². The van der Waals surface area contributed by atoms with E-state index in [0.29, 0.717) is 0 Å². The summed E-state index contributed by atoms with van der Waals surface area (Å²) in [6.07, 6.45) is 6.70. The van der Waals surface area contributed by atoms with Crippen molar-refractivity contribution in [1.82, 2.24) is 5.32 Å². The second-order valence-corrected chi connectivity index (χ2v) is 5.92. The first-order valence-electron chi connectivity index (χ1n) is 6.50. The average molecular weight is 239 g/mol. The van der Waals surface area contributed by atoms with E-state index in [0.717, 1.165) is 6.54 Å². The van der Waals surface area contributed by atoms with Crippen molar-refractivity contribution >= 4 is 11.3 Å². The van der Waals surface area contributed by atoms with E-state index < -0.39 is 0 Å². The average Bonchev–Trinajstić information content (AvgIpc) is 2.56. The summed E-state index contributed by atoms with van der Waals surface area (Å²) in [6.45, 7) is 8.91. The number of rotatable bonds is 8. The van der Waals surface area contributed by atoms with Crippen LogP contribution in [0.15, 0.2) is 6.07 Å². The highest BCUT2D eigenvalue weighted by atomic mass is 32.1. The molecule has 1 N–H and O–H groups in total. The number of nitrogens with one attached hydrogen (secondary N) is 1. The molecule has 2 heteroatoms. The van der Waals surface area contributed by atoms with Crippen LogP contribution in [0.5, 0.6) is 0 Å². The van der Waals surface area contributed by atoms with Crippen LogP contribution in [-0.4, -0.2) is 13.1 Å². The highest BCUT2D eigenvalue weighted by Crippen LogP contribution is 2.22. The molecule has 0 bridgehead atoms. The molecule has 0 aliphatic carbocycles. The monoisotopic (exact) mass is 239 g/mol. The molecule has 0 aromatic carbocycles. The SMILES string of the molecule is CCNCCCCCCc1cc(C)sc1C. The topological polar surface area (TPSA) is 12.0 Å². The zero-order chi connectivity index (χ0) is 11.8. The lowest BCUT2D eigenvalue weighted by Gasteiger charge is -2.02. The fourth-order valence-corrected chi connectivity index (χ4v) is 3.00. The summed E-state index contributed by atoms with van der Waals surface area (Å²) >= 11 is 1.93. The molecule has 0 amide bonds. The normalized spacial score (nSPS) is 10.9. The van der Waals surface area contributed by atoms with Crippen molar-refractivity contribution in [2.24, 2.45) is 0 Å². The van der Waals surface area contributed by atoms with Crippen LogP contribution in [0.1, 0.15) is 47.9 Å². The third kappa shape index (κ3) is 5.13. The molecule has 1 aromatic rings. The number of aryl methyl sites for hydroxylation is 3. The van der Waals surface area contributed by atoms with Crippen LogP contribution in [0.4, 0.5) is 0 Å². The third-order valence-corrected chi connectivity index (χ3v) is 3.95. The predicted molar refractivity (Wildman–Crippen MR) is 74.5 cm³/mol. The van der Waals surface area contributed by atoms with Gasteiger partial charge in [0.15, 0.2) is 0 Å². The van der Waals surface area contributed by atoms with Gasteiger partial charge in [0.25, 0.3) is 0 Å². The molecule has 0 unspecified atom stereocenters. The molecular formula is C14H25NS. The fraction of sp³-hybridized carbons (Fsp3) is 0.714. The smallest absolute Gasteiger partial charge is 0.00490 e. The number of hydrogen-bond donors (Lipinski definition) is 1. The highest BCUT2D eigenvalue weighted by molar-refractivity contribution is 7.12. The van der Waals surface area contributed by atoms with Crippen molar-refractivity contribution in [1.29, 1.82) is 0 Å². The van der Waals surface area contributed by atoms with Gasteiger partial charge in [0.1, 0.15) is 0 Å². The lowest BCUT2D eigenvalue weighted by molar-refractivity contribution is 0.598. The van der Waals surface area contributed by atoms with Gasteiger partial charge in [-0.2, -0.15) is 0 Å². The van der Waals surface area contributed by atoms with E-state index in [4.69, 9.17) is 0 Å². The Hall–Kier alpha value is -0.340. The number of hydrogen-bond acceptors (Lipinski definition) is 2. The minimum absolute atomic E-state index is 1.10.